The van der Waals surface area contributed by atoms with Crippen LogP contribution in [0.5, 0.6) is 0 Å². The Morgan fingerprint density at radius 3 is 2.60 bits per heavy atom. The molecule has 5 heteroatoms. The summed E-state index contributed by atoms with van der Waals surface area (Å²) in [6.07, 6.45) is 4.91. The Morgan fingerprint density at radius 2 is 2.00 bits per heavy atom. The molecule has 0 spiro atoms. The van der Waals surface area contributed by atoms with Crippen molar-refractivity contribution in [2.75, 3.05) is 26.2 Å². The second kappa shape index (κ2) is 9.88. The summed E-state index contributed by atoms with van der Waals surface area (Å²) in [5, 5.41) is 7.90. The van der Waals surface area contributed by atoms with Crippen LogP contribution in [0.3, 0.4) is 0 Å². The third-order valence-electron chi connectivity index (χ3n) is 3.74. The lowest BCUT2D eigenvalue weighted by atomic mass is 10.1. The van der Waals surface area contributed by atoms with Crippen molar-refractivity contribution in [1.29, 1.82) is 0 Å². The van der Waals surface area contributed by atoms with Gasteiger partial charge in [-0.25, -0.2) is 4.98 Å². The van der Waals surface area contributed by atoms with Crippen LogP contribution in [-0.2, 0) is 13.0 Å². The van der Waals surface area contributed by atoms with Gasteiger partial charge >= 0.3 is 0 Å². The highest BCUT2D eigenvalue weighted by atomic mass is 15.3. The van der Waals surface area contributed by atoms with Crippen LogP contribution in [0.4, 0.5) is 0 Å². The first-order valence-corrected chi connectivity index (χ1v) is 8.07. The van der Waals surface area contributed by atoms with E-state index < -0.39 is 0 Å². The quantitative estimate of drug-likeness (QED) is 0.673. The van der Waals surface area contributed by atoms with Gasteiger partial charge < -0.3 is 10.2 Å². The average molecular weight is 281 g/mol. The molecule has 1 atom stereocenters. The fourth-order valence-electron chi connectivity index (χ4n) is 2.51. The molecule has 116 valence electrons. The summed E-state index contributed by atoms with van der Waals surface area (Å²) in [6.45, 7) is 14.2. The van der Waals surface area contributed by atoms with Gasteiger partial charge in [-0.2, -0.15) is 5.10 Å². The summed E-state index contributed by atoms with van der Waals surface area (Å²) >= 11 is 0. The Hall–Kier alpha value is -0.940. The van der Waals surface area contributed by atoms with Gasteiger partial charge in [0.1, 0.15) is 12.2 Å². The van der Waals surface area contributed by atoms with Gasteiger partial charge in [-0.05, 0) is 39.0 Å². The van der Waals surface area contributed by atoms with Gasteiger partial charge in [0.05, 0.1) is 0 Å². The van der Waals surface area contributed by atoms with Crippen LogP contribution >= 0.6 is 0 Å². The minimum atomic E-state index is 0.486. The van der Waals surface area contributed by atoms with Crippen molar-refractivity contribution in [3.63, 3.8) is 0 Å². The Morgan fingerprint density at radius 1 is 1.25 bits per heavy atom. The second-order valence-corrected chi connectivity index (χ2v) is 5.17. The maximum atomic E-state index is 4.42. The topological polar surface area (TPSA) is 46.0 Å². The van der Waals surface area contributed by atoms with Gasteiger partial charge in [-0.1, -0.05) is 27.7 Å². The van der Waals surface area contributed by atoms with Crippen LogP contribution < -0.4 is 5.32 Å². The van der Waals surface area contributed by atoms with Crippen molar-refractivity contribution >= 4 is 0 Å². The number of nitrogens with zero attached hydrogens (tertiary/aromatic N) is 4. The van der Waals surface area contributed by atoms with Gasteiger partial charge in [0.2, 0.25) is 0 Å². The number of hydrogen-bond donors (Lipinski definition) is 1. The van der Waals surface area contributed by atoms with E-state index in [-0.39, 0.29) is 0 Å². The first-order chi connectivity index (χ1) is 9.74. The molecule has 1 rings (SSSR count). The van der Waals surface area contributed by atoms with E-state index in [0.717, 1.165) is 57.8 Å². The lowest BCUT2D eigenvalue weighted by Gasteiger charge is -2.23. The largest absolute Gasteiger partial charge is 0.314 e. The zero-order valence-corrected chi connectivity index (χ0v) is 13.6. The zero-order valence-electron chi connectivity index (χ0n) is 13.6. The predicted octanol–water partition coefficient (Wildman–Crippen LogP) is 1.94. The van der Waals surface area contributed by atoms with Crippen molar-refractivity contribution in [2.24, 2.45) is 0 Å². The summed E-state index contributed by atoms with van der Waals surface area (Å²) in [5.74, 6) is 1.11. The normalized spacial score (nSPS) is 13.1. The summed E-state index contributed by atoms with van der Waals surface area (Å²) in [6, 6.07) is 0.486. The van der Waals surface area contributed by atoms with Gasteiger partial charge in [0.15, 0.2) is 0 Å². The van der Waals surface area contributed by atoms with Crippen LogP contribution in [0.1, 0.15) is 46.4 Å². The third kappa shape index (κ3) is 5.59. The van der Waals surface area contributed by atoms with E-state index in [1.54, 1.807) is 6.33 Å². The molecule has 0 saturated heterocycles. The van der Waals surface area contributed by atoms with Crippen molar-refractivity contribution in [3.8, 4) is 0 Å². The van der Waals surface area contributed by atoms with Crippen LogP contribution in [0, 0.1) is 0 Å². The molecule has 0 amide bonds. The standard InChI is InChI=1S/C15H31N5/c1-5-10-20-15(17-13-18-20)12-14(16-6-2)9-11-19(7-3)8-4/h13-14,16H,5-12H2,1-4H3. The first-order valence-electron chi connectivity index (χ1n) is 8.07. The van der Waals surface area contributed by atoms with E-state index in [9.17, 15) is 0 Å². The molecule has 0 aliphatic carbocycles. The van der Waals surface area contributed by atoms with Crippen LogP contribution in [0.25, 0.3) is 0 Å². The van der Waals surface area contributed by atoms with Crippen LogP contribution in [-0.4, -0.2) is 51.9 Å². The smallest absolute Gasteiger partial charge is 0.138 e. The van der Waals surface area contributed by atoms with E-state index in [0.29, 0.717) is 6.04 Å². The summed E-state index contributed by atoms with van der Waals surface area (Å²) in [7, 11) is 0. The molecule has 1 aromatic rings. The Bertz CT molecular complexity index is 346. The van der Waals surface area contributed by atoms with Crippen LogP contribution in [0.15, 0.2) is 6.33 Å². The molecule has 5 nitrogen and oxygen atoms in total. The molecule has 1 unspecified atom stereocenters. The zero-order chi connectivity index (χ0) is 14.8. The molecular formula is C15H31N5. The number of aromatic nitrogens is 3. The predicted molar refractivity (Wildman–Crippen MR) is 83.9 cm³/mol. The molecule has 1 aromatic heterocycles. The highest BCUT2D eigenvalue weighted by molar-refractivity contribution is 4.90. The lowest BCUT2D eigenvalue weighted by molar-refractivity contribution is 0.279. The number of aryl methyl sites for hydroxylation is 1. The number of nitrogens with one attached hydrogen (secondary N) is 1. The molecular weight excluding hydrogens is 250 g/mol. The van der Waals surface area contributed by atoms with E-state index in [1.807, 2.05) is 4.68 Å². The number of rotatable bonds is 11. The van der Waals surface area contributed by atoms with Gasteiger partial charge in [-0.3, -0.25) is 4.68 Å². The molecule has 0 aromatic carbocycles. The summed E-state index contributed by atoms with van der Waals surface area (Å²) < 4.78 is 2.04. The number of likely N-dealkylation sites (N-methyl/N-ethyl adjacent to an activating group) is 1. The van der Waals surface area contributed by atoms with Crippen molar-refractivity contribution < 1.29 is 0 Å². The highest BCUT2D eigenvalue weighted by Gasteiger charge is 2.14. The fourth-order valence-corrected chi connectivity index (χ4v) is 2.51. The maximum absolute atomic E-state index is 4.42. The molecule has 0 aliphatic rings. The monoisotopic (exact) mass is 281 g/mol. The van der Waals surface area contributed by atoms with Crippen molar-refractivity contribution in [2.45, 2.75) is 59.5 Å². The van der Waals surface area contributed by atoms with Gasteiger partial charge in [-0.15, -0.1) is 0 Å². The van der Waals surface area contributed by atoms with Gasteiger partial charge in [0, 0.05) is 19.0 Å². The van der Waals surface area contributed by atoms with Crippen LogP contribution in [0.2, 0.25) is 0 Å². The Balaban J connectivity index is 2.54. The second-order valence-electron chi connectivity index (χ2n) is 5.17. The fraction of sp³-hybridized carbons (Fsp3) is 0.867. The molecule has 0 saturated carbocycles. The van der Waals surface area contributed by atoms with E-state index >= 15 is 0 Å². The third-order valence-corrected chi connectivity index (χ3v) is 3.74. The first kappa shape index (κ1) is 17.1. The summed E-state index contributed by atoms with van der Waals surface area (Å²) in [4.78, 5) is 6.90. The van der Waals surface area contributed by atoms with E-state index in [4.69, 9.17) is 0 Å². The molecule has 0 fully saturated rings. The van der Waals surface area contributed by atoms with Crippen molar-refractivity contribution in [3.05, 3.63) is 12.2 Å². The molecule has 1 heterocycles. The molecule has 20 heavy (non-hydrogen) atoms. The minimum absolute atomic E-state index is 0.486. The molecule has 0 bridgehead atoms. The van der Waals surface area contributed by atoms with Crippen molar-refractivity contribution in [1.82, 2.24) is 25.0 Å². The summed E-state index contributed by atoms with van der Waals surface area (Å²) in [5.41, 5.74) is 0. The average Bonchev–Trinajstić information content (AvgIpc) is 2.88. The Kier molecular flexibility index (Phi) is 8.46. The maximum Gasteiger partial charge on any atom is 0.138 e. The lowest BCUT2D eigenvalue weighted by Crippen LogP contribution is -2.36. The van der Waals surface area contributed by atoms with E-state index in [2.05, 4.69) is 48.0 Å². The molecule has 0 radical (unpaired) electrons. The Labute approximate surface area is 123 Å². The number of hydrogen-bond acceptors (Lipinski definition) is 4. The SMILES string of the molecule is CCCn1ncnc1CC(CCN(CC)CC)NCC. The minimum Gasteiger partial charge on any atom is -0.314 e. The molecule has 1 N–H and O–H groups in total. The highest BCUT2D eigenvalue weighted by Crippen LogP contribution is 2.05. The van der Waals surface area contributed by atoms with E-state index in [1.165, 1.54) is 0 Å². The molecule has 0 aliphatic heterocycles. The van der Waals surface area contributed by atoms with Gasteiger partial charge in [0.25, 0.3) is 0 Å².